The highest BCUT2D eigenvalue weighted by atomic mass is 16.6. The van der Waals surface area contributed by atoms with Crippen LogP contribution in [-0.4, -0.2) is 21.4 Å². The molecule has 2 aromatic rings. The smallest absolute Gasteiger partial charge is 0.269 e. The maximum atomic E-state index is 10.6. The lowest BCUT2D eigenvalue weighted by molar-refractivity contribution is -0.384. The van der Waals surface area contributed by atoms with E-state index in [0.717, 1.165) is 17.9 Å². The summed E-state index contributed by atoms with van der Waals surface area (Å²) in [5.74, 6) is 0.729. The summed E-state index contributed by atoms with van der Waals surface area (Å²) in [4.78, 5) is 18.8. The largest absolute Gasteiger partial charge is 0.307 e. The van der Waals surface area contributed by atoms with Crippen molar-refractivity contribution in [3.05, 3.63) is 64.2 Å². The second-order valence-corrected chi connectivity index (χ2v) is 4.34. The third kappa shape index (κ3) is 3.58. The molecule has 1 unspecified atom stereocenters. The Balaban J connectivity index is 2.14. The average Bonchev–Trinajstić information content (AvgIpc) is 2.48. The summed E-state index contributed by atoms with van der Waals surface area (Å²) in [7, 11) is 0. The van der Waals surface area contributed by atoms with E-state index >= 15 is 0 Å². The molecule has 104 valence electrons. The van der Waals surface area contributed by atoms with E-state index in [1.54, 1.807) is 30.6 Å². The lowest BCUT2D eigenvalue weighted by atomic mass is 10.0. The summed E-state index contributed by atoms with van der Waals surface area (Å²) < 4.78 is 0. The van der Waals surface area contributed by atoms with Crippen molar-refractivity contribution in [1.82, 2.24) is 15.3 Å². The number of hydrogen-bond donors (Lipinski definition) is 1. The van der Waals surface area contributed by atoms with Gasteiger partial charge in [0.25, 0.3) is 5.69 Å². The molecule has 1 aromatic carbocycles. The zero-order chi connectivity index (χ0) is 14.4. The summed E-state index contributed by atoms with van der Waals surface area (Å²) in [6.45, 7) is 2.82. The molecule has 1 N–H and O–H groups in total. The zero-order valence-corrected chi connectivity index (χ0v) is 11.2. The summed E-state index contributed by atoms with van der Waals surface area (Å²) in [6.07, 6.45) is 4.11. The number of non-ortho nitro benzene ring substituents is 1. The van der Waals surface area contributed by atoms with Gasteiger partial charge in [-0.15, -0.1) is 0 Å². The van der Waals surface area contributed by atoms with Crippen LogP contribution in [0.2, 0.25) is 0 Å². The van der Waals surface area contributed by atoms with Crippen molar-refractivity contribution in [3.63, 3.8) is 0 Å². The van der Waals surface area contributed by atoms with E-state index < -0.39 is 4.92 Å². The Labute approximate surface area is 117 Å². The Kier molecular flexibility index (Phi) is 4.73. The van der Waals surface area contributed by atoms with Crippen molar-refractivity contribution in [2.75, 3.05) is 6.54 Å². The number of aromatic nitrogens is 2. The van der Waals surface area contributed by atoms with Gasteiger partial charge in [0.2, 0.25) is 0 Å². The molecule has 1 atom stereocenters. The summed E-state index contributed by atoms with van der Waals surface area (Å²) in [5, 5.41) is 14.0. The SMILES string of the molecule is CCNC(Cc1ccc([N+](=O)[O-])cc1)c1ncccn1. The lowest BCUT2D eigenvalue weighted by Gasteiger charge is -2.16. The van der Waals surface area contributed by atoms with Crippen LogP contribution in [0.1, 0.15) is 24.4 Å². The number of nitro groups is 1. The first kappa shape index (κ1) is 14.1. The van der Waals surface area contributed by atoms with Gasteiger partial charge in [-0.1, -0.05) is 19.1 Å². The summed E-state index contributed by atoms with van der Waals surface area (Å²) in [6, 6.07) is 8.35. The molecule has 0 aliphatic carbocycles. The minimum absolute atomic E-state index is 0.00246. The van der Waals surface area contributed by atoms with Gasteiger partial charge in [0, 0.05) is 24.5 Å². The topological polar surface area (TPSA) is 81.0 Å². The van der Waals surface area contributed by atoms with Gasteiger partial charge in [-0.2, -0.15) is 0 Å². The number of nitrogens with zero attached hydrogens (tertiary/aromatic N) is 3. The van der Waals surface area contributed by atoms with E-state index in [4.69, 9.17) is 0 Å². The summed E-state index contributed by atoms with van der Waals surface area (Å²) >= 11 is 0. The van der Waals surface area contributed by atoms with Crippen LogP contribution in [-0.2, 0) is 6.42 Å². The molecule has 1 aromatic heterocycles. The van der Waals surface area contributed by atoms with Gasteiger partial charge < -0.3 is 5.32 Å². The fourth-order valence-electron chi connectivity index (χ4n) is 1.98. The van der Waals surface area contributed by atoms with E-state index in [1.807, 2.05) is 6.92 Å². The van der Waals surface area contributed by atoms with Crippen molar-refractivity contribution in [3.8, 4) is 0 Å². The highest BCUT2D eigenvalue weighted by molar-refractivity contribution is 5.33. The van der Waals surface area contributed by atoms with Crippen LogP contribution in [0.3, 0.4) is 0 Å². The molecule has 0 aliphatic rings. The molecule has 6 nitrogen and oxygen atoms in total. The molecular weight excluding hydrogens is 256 g/mol. The van der Waals surface area contributed by atoms with Crippen LogP contribution in [0, 0.1) is 10.1 Å². The third-order valence-electron chi connectivity index (χ3n) is 2.93. The molecule has 1 heterocycles. The highest BCUT2D eigenvalue weighted by Gasteiger charge is 2.14. The first-order chi connectivity index (χ1) is 9.70. The Hall–Kier alpha value is -2.34. The first-order valence-electron chi connectivity index (χ1n) is 6.44. The minimum Gasteiger partial charge on any atom is -0.307 e. The van der Waals surface area contributed by atoms with E-state index in [1.165, 1.54) is 12.1 Å². The van der Waals surface area contributed by atoms with Crippen molar-refractivity contribution >= 4 is 5.69 Å². The van der Waals surface area contributed by atoms with Crippen LogP contribution >= 0.6 is 0 Å². The molecule has 0 saturated carbocycles. The molecule has 0 radical (unpaired) electrons. The maximum Gasteiger partial charge on any atom is 0.269 e. The number of nitrogens with one attached hydrogen (secondary N) is 1. The van der Waals surface area contributed by atoms with Gasteiger partial charge in [0.1, 0.15) is 5.82 Å². The van der Waals surface area contributed by atoms with Crippen molar-refractivity contribution in [1.29, 1.82) is 0 Å². The number of rotatable bonds is 6. The maximum absolute atomic E-state index is 10.6. The van der Waals surface area contributed by atoms with Gasteiger partial charge in [-0.05, 0) is 24.6 Å². The van der Waals surface area contributed by atoms with Gasteiger partial charge in [0.05, 0.1) is 11.0 Å². The predicted octanol–water partition coefficient (Wildman–Crippen LogP) is 2.28. The molecule has 0 fully saturated rings. The van der Waals surface area contributed by atoms with Gasteiger partial charge in [-0.25, -0.2) is 9.97 Å². The molecule has 0 spiro atoms. The fraction of sp³-hybridized carbons (Fsp3) is 0.286. The molecule has 0 aliphatic heterocycles. The van der Waals surface area contributed by atoms with E-state index in [2.05, 4.69) is 15.3 Å². The average molecular weight is 272 g/mol. The lowest BCUT2D eigenvalue weighted by Crippen LogP contribution is -2.24. The Morgan fingerprint density at radius 3 is 2.45 bits per heavy atom. The number of hydrogen-bond acceptors (Lipinski definition) is 5. The number of benzene rings is 1. The van der Waals surface area contributed by atoms with E-state index in [9.17, 15) is 10.1 Å². The van der Waals surface area contributed by atoms with Gasteiger partial charge in [0.15, 0.2) is 0 Å². The summed E-state index contributed by atoms with van der Waals surface area (Å²) in [5.41, 5.74) is 1.11. The Morgan fingerprint density at radius 1 is 1.25 bits per heavy atom. The molecule has 0 bridgehead atoms. The van der Waals surface area contributed by atoms with Crippen LogP contribution in [0.5, 0.6) is 0 Å². The molecule has 6 heteroatoms. The third-order valence-corrected chi connectivity index (χ3v) is 2.93. The normalized spacial score (nSPS) is 12.1. The second-order valence-electron chi connectivity index (χ2n) is 4.34. The number of likely N-dealkylation sites (N-methyl/N-ethyl adjacent to an activating group) is 1. The van der Waals surface area contributed by atoms with Crippen LogP contribution < -0.4 is 5.32 Å². The quantitative estimate of drug-likeness (QED) is 0.644. The first-order valence-corrected chi connectivity index (χ1v) is 6.44. The predicted molar refractivity (Wildman–Crippen MR) is 75.3 cm³/mol. The minimum atomic E-state index is -0.397. The van der Waals surface area contributed by atoms with Crippen LogP contribution in [0.4, 0.5) is 5.69 Å². The van der Waals surface area contributed by atoms with Gasteiger partial charge >= 0.3 is 0 Å². The van der Waals surface area contributed by atoms with Crippen LogP contribution in [0.15, 0.2) is 42.7 Å². The second kappa shape index (κ2) is 6.72. The van der Waals surface area contributed by atoms with E-state index in [-0.39, 0.29) is 11.7 Å². The Morgan fingerprint density at radius 2 is 1.90 bits per heavy atom. The molecule has 0 saturated heterocycles. The Bertz CT molecular complexity index is 557. The van der Waals surface area contributed by atoms with Gasteiger partial charge in [-0.3, -0.25) is 10.1 Å². The monoisotopic (exact) mass is 272 g/mol. The van der Waals surface area contributed by atoms with Crippen molar-refractivity contribution < 1.29 is 4.92 Å². The standard InChI is InChI=1S/C14H16N4O2/c1-2-15-13(14-16-8-3-9-17-14)10-11-4-6-12(7-5-11)18(19)20/h3-9,13,15H,2,10H2,1H3. The molecule has 2 rings (SSSR count). The fourth-order valence-corrected chi connectivity index (χ4v) is 1.98. The van der Waals surface area contributed by atoms with E-state index in [0.29, 0.717) is 6.42 Å². The molecular formula is C14H16N4O2. The van der Waals surface area contributed by atoms with Crippen LogP contribution in [0.25, 0.3) is 0 Å². The molecule has 20 heavy (non-hydrogen) atoms. The number of nitro benzene ring substituents is 1. The molecule has 0 amide bonds. The van der Waals surface area contributed by atoms with Crippen molar-refractivity contribution in [2.24, 2.45) is 0 Å². The zero-order valence-electron chi connectivity index (χ0n) is 11.2. The van der Waals surface area contributed by atoms with Crippen molar-refractivity contribution in [2.45, 2.75) is 19.4 Å². The highest BCUT2D eigenvalue weighted by Crippen LogP contribution is 2.17.